The van der Waals surface area contributed by atoms with E-state index in [-0.39, 0.29) is 6.61 Å². The molecule has 0 aliphatic rings. The summed E-state index contributed by atoms with van der Waals surface area (Å²) < 4.78 is 0. The zero-order valence-electron chi connectivity index (χ0n) is 12.1. The first-order valence-corrected chi connectivity index (χ1v) is 7.06. The summed E-state index contributed by atoms with van der Waals surface area (Å²) in [6.45, 7) is 10.6. The summed E-state index contributed by atoms with van der Waals surface area (Å²) in [6, 6.07) is 8.99. The number of aliphatic hydroxyl groups is 1. The molecule has 0 amide bonds. The maximum absolute atomic E-state index is 9.09. The van der Waals surface area contributed by atoms with Crippen molar-refractivity contribution < 1.29 is 5.11 Å². The van der Waals surface area contributed by atoms with Crippen LogP contribution in [0.1, 0.15) is 31.9 Å². The summed E-state index contributed by atoms with van der Waals surface area (Å²) in [7, 11) is 0. The number of hydrogen-bond donors (Lipinski definition) is 2. The molecule has 1 aromatic carbocycles. The Morgan fingerprint density at radius 3 is 2.47 bits per heavy atom. The average Bonchev–Trinajstić information content (AvgIpc) is 2.45. The molecule has 1 rings (SSSR count). The van der Waals surface area contributed by atoms with Crippen LogP contribution in [0.4, 0.5) is 5.69 Å². The van der Waals surface area contributed by atoms with E-state index in [1.807, 2.05) is 6.08 Å². The lowest BCUT2D eigenvalue weighted by atomic mass is 10.0. The minimum absolute atomic E-state index is 0.157. The standard InChI is InChI=1S/C16H26N2O/c1-4-11-18(12-13-19)15-9-7-14(8-10-15)16(5-2)17-6-3/h4,7-10,16-17,19H,1,5-6,11-13H2,2-3H3. The predicted octanol–water partition coefficient (Wildman–Crippen LogP) is 2.73. The van der Waals surface area contributed by atoms with Gasteiger partial charge in [-0.25, -0.2) is 0 Å². The molecule has 1 unspecified atom stereocenters. The Kier molecular flexibility index (Phi) is 7.23. The molecule has 106 valence electrons. The van der Waals surface area contributed by atoms with Gasteiger partial charge < -0.3 is 15.3 Å². The zero-order valence-corrected chi connectivity index (χ0v) is 12.1. The molecule has 0 fully saturated rings. The highest BCUT2D eigenvalue weighted by atomic mass is 16.3. The second kappa shape index (κ2) is 8.73. The van der Waals surface area contributed by atoms with Crippen molar-refractivity contribution in [3.8, 4) is 0 Å². The van der Waals surface area contributed by atoms with Crippen LogP contribution in [0.3, 0.4) is 0 Å². The lowest BCUT2D eigenvalue weighted by Gasteiger charge is -2.23. The van der Waals surface area contributed by atoms with Gasteiger partial charge in [0.25, 0.3) is 0 Å². The van der Waals surface area contributed by atoms with Crippen molar-refractivity contribution in [2.45, 2.75) is 26.3 Å². The van der Waals surface area contributed by atoms with Crippen LogP contribution in [0.25, 0.3) is 0 Å². The Bertz CT molecular complexity index is 362. The van der Waals surface area contributed by atoms with Crippen LogP contribution in [0.2, 0.25) is 0 Å². The summed E-state index contributed by atoms with van der Waals surface area (Å²) in [5.41, 5.74) is 2.44. The summed E-state index contributed by atoms with van der Waals surface area (Å²) in [5, 5.41) is 12.6. The quantitative estimate of drug-likeness (QED) is 0.672. The number of nitrogens with one attached hydrogen (secondary N) is 1. The largest absolute Gasteiger partial charge is 0.395 e. The number of aliphatic hydroxyl groups excluding tert-OH is 1. The van der Waals surface area contributed by atoms with E-state index in [0.717, 1.165) is 25.2 Å². The van der Waals surface area contributed by atoms with Crippen molar-refractivity contribution in [2.75, 3.05) is 31.1 Å². The van der Waals surface area contributed by atoms with Crippen molar-refractivity contribution in [2.24, 2.45) is 0 Å². The highest BCUT2D eigenvalue weighted by Gasteiger charge is 2.09. The molecule has 0 saturated heterocycles. The van der Waals surface area contributed by atoms with E-state index >= 15 is 0 Å². The van der Waals surface area contributed by atoms with E-state index in [2.05, 4.69) is 54.9 Å². The smallest absolute Gasteiger partial charge is 0.0606 e. The van der Waals surface area contributed by atoms with E-state index in [1.165, 1.54) is 5.56 Å². The Morgan fingerprint density at radius 1 is 1.32 bits per heavy atom. The molecule has 0 aromatic heterocycles. The van der Waals surface area contributed by atoms with E-state index in [9.17, 15) is 0 Å². The van der Waals surface area contributed by atoms with Gasteiger partial charge in [0, 0.05) is 24.8 Å². The highest BCUT2D eigenvalue weighted by molar-refractivity contribution is 5.48. The van der Waals surface area contributed by atoms with Crippen molar-refractivity contribution in [1.82, 2.24) is 5.32 Å². The van der Waals surface area contributed by atoms with E-state index in [0.29, 0.717) is 12.6 Å². The number of nitrogens with zero attached hydrogens (tertiary/aromatic N) is 1. The van der Waals surface area contributed by atoms with Gasteiger partial charge >= 0.3 is 0 Å². The lowest BCUT2D eigenvalue weighted by Crippen LogP contribution is -2.26. The lowest BCUT2D eigenvalue weighted by molar-refractivity contribution is 0.303. The van der Waals surface area contributed by atoms with Gasteiger partial charge in [0.2, 0.25) is 0 Å². The minimum atomic E-state index is 0.157. The molecule has 3 nitrogen and oxygen atoms in total. The fourth-order valence-electron chi connectivity index (χ4n) is 2.26. The molecule has 0 bridgehead atoms. The normalized spacial score (nSPS) is 12.2. The van der Waals surface area contributed by atoms with Gasteiger partial charge in [-0.05, 0) is 30.7 Å². The van der Waals surface area contributed by atoms with Gasteiger partial charge in [0.15, 0.2) is 0 Å². The second-order valence-electron chi connectivity index (χ2n) is 4.57. The van der Waals surface area contributed by atoms with Crippen LogP contribution >= 0.6 is 0 Å². The predicted molar refractivity (Wildman–Crippen MR) is 82.6 cm³/mol. The molecule has 0 radical (unpaired) electrons. The van der Waals surface area contributed by atoms with E-state index in [4.69, 9.17) is 5.11 Å². The van der Waals surface area contributed by atoms with Crippen LogP contribution in [0.5, 0.6) is 0 Å². The molecule has 0 heterocycles. The fourth-order valence-corrected chi connectivity index (χ4v) is 2.26. The topological polar surface area (TPSA) is 35.5 Å². The molecule has 0 aliphatic heterocycles. The van der Waals surface area contributed by atoms with Gasteiger partial charge in [0.05, 0.1) is 6.61 Å². The van der Waals surface area contributed by atoms with Crippen molar-refractivity contribution >= 4 is 5.69 Å². The molecule has 0 aliphatic carbocycles. The summed E-state index contributed by atoms with van der Waals surface area (Å²) in [6.07, 6.45) is 2.94. The number of benzene rings is 1. The first-order valence-electron chi connectivity index (χ1n) is 7.06. The number of rotatable bonds is 9. The number of hydrogen-bond acceptors (Lipinski definition) is 3. The monoisotopic (exact) mass is 262 g/mol. The van der Waals surface area contributed by atoms with Crippen molar-refractivity contribution in [3.05, 3.63) is 42.5 Å². The SMILES string of the molecule is C=CCN(CCO)c1ccc(C(CC)NCC)cc1. The third-order valence-electron chi connectivity index (χ3n) is 3.24. The van der Waals surface area contributed by atoms with Crippen LogP contribution in [-0.2, 0) is 0 Å². The van der Waals surface area contributed by atoms with Gasteiger partial charge in [-0.15, -0.1) is 6.58 Å². The average molecular weight is 262 g/mol. The fraction of sp³-hybridized carbons (Fsp3) is 0.500. The first kappa shape index (κ1) is 15.7. The Labute approximate surface area is 116 Å². The van der Waals surface area contributed by atoms with Crippen molar-refractivity contribution in [1.29, 1.82) is 0 Å². The van der Waals surface area contributed by atoms with Crippen molar-refractivity contribution in [3.63, 3.8) is 0 Å². The van der Waals surface area contributed by atoms with E-state index < -0.39 is 0 Å². The first-order chi connectivity index (χ1) is 9.26. The molecule has 1 atom stereocenters. The molecule has 3 heteroatoms. The van der Waals surface area contributed by atoms with Gasteiger partial charge in [0.1, 0.15) is 0 Å². The van der Waals surface area contributed by atoms with Crippen LogP contribution in [-0.4, -0.2) is 31.3 Å². The highest BCUT2D eigenvalue weighted by Crippen LogP contribution is 2.21. The molecule has 0 spiro atoms. The molecule has 1 aromatic rings. The summed E-state index contributed by atoms with van der Waals surface area (Å²) in [5.74, 6) is 0. The third-order valence-corrected chi connectivity index (χ3v) is 3.24. The van der Waals surface area contributed by atoms with Gasteiger partial charge in [-0.3, -0.25) is 0 Å². The molecular weight excluding hydrogens is 236 g/mol. The molecule has 0 saturated carbocycles. The summed E-state index contributed by atoms with van der Waals surface area (Å²) in [4.78, 5) is 2.12. The second-order valence-corrected chi connectivity index (χ2v) is 4.57. The summed E-state index contributed by atoms with van der Waals surface area (Å²) >= 11 is 0. The molecule has 19 heavy (non-hydrogen) atoms. The molecular formula is C16H26N2O. The van der Waals surface area contributed by atoms with E-state index in [1.54, 1.807) is 0 Å². The number of anilines is 1. The Hall–Kier alpha value is -1.32. The van der Waals surface area contributed by atoms with Crippen LogP contribution in [0.15, 0.2) is 36.9 Å². The van der Waals surface area contributed by atoms with Crippen LogP contribution < -0.4 is 10.2 Å². The van der Waals surface area contributed by atoms with Gasteiger partial charge in [-0.2, -0.15) is 0 Å². The zero-order chi connectivity index (χ0) is 14.1. The van der Waals surface area contributed by atoms with Crippen LogP contribution in [0, 0.1) is 0 Å². The minimum Gasteiger partial charge on any atom is -0.395 e. The third kappa shape index (κ3) is 4.69. The Morgan fingerprint density at radius 2 is 2.00 bits per heavy atom. The maximum atomic E-state index is 9.09. The molecule has 2 N–H and O–H groups in total. The van der Waals surface area contributed by atoms with Gasteiger partial charge in [-0.1, -0.05) is 32.1 Å². The Balaban J connectivity index is 2.80. The maximum Gasteiger partial charge on any atom is 0.0606 e.